The average molecular weight is 334 g/mol. The monoisotopic (exact) mass is 334 g/mol. The molecule has 0 spiro atoms. The lowest BCUT2D eigenvalue weighted by atomic mass is 10.1. The van der Waals surface area contributed by atoms with Gasteiger partial charge in [-0.1, -0.05) is 12.1 Å². The van der Waals surface area contributed by atoms with Crippen LogP contribution in [0.4, 0.5) is 0 Å². The van der Waals surface area contributed by atoms with Gasteiger partial charge in [0.05, 0.1) is 5.92 Å². The Bertz CT molecular complexity index is 595. The van der Waals surface area contributed by atoms with Gasteiger partial charge in [0.25, 0.3) is 0 Å². The third kappa shape index (κ3) is 4.28. The van der Waals surface area contributed by atoms with Crippen LogP contribution in [0.2, 0.25) is 0 Å². The van der Waals surface area contributed by atoms with Crippen molar-refractivity contribution in [1.82, 2.24) is 9.80 Å². The zero-order chi connectivity index (χ0) is 17.2. The molecule has 0 aliphatic carbocycles. The molecule has 0 radical (unpaired) electrons. The first-order valence-electron chi connectivity index (χ1n) is 7.90. The fourth-order valence-corrected chi connectivity index (χ4v) is 3.44. The molecule has 5 heteroatoms. The van der Waals surface area contributed by atoms with E-state index in [9.17, 15) is 9.59 Å². The van der Waals surface area contributed by atoms with E-state index in [1.807, 2.05) is 51.1 Å². The van der Waals surface area contributed by atoms with Crippen molar-refractivity contribution in [1.29, 1.82) is 0 Å². The van der Waals surface area contributed by atoms with E-state index in [1.165, 1.54) is 4.90 Å². The minimum atomic E-state index is -0.226. The number of amides is 2. The van der Waals surface area contributed by atoms with Gasteiger partial charge in [0, 0.05) is 37.0 Å². The number of likely N-dealkylation sites (tertiary alicyclic amines) is 1. The highest BCUT2D eigenvalue weighted by Gasteiger charge is 2.40. The second kappa shape index (κ2) is 6.95. The lowest BCUT2D eigenvalue weighted by Gasteiger charge is -2.32. The second-order valence-electron chi connectivity index (χ2n) is 7.12. The number of hydrogen-bond donors (Lipinski definition) is 0. The van der Waals surface area contributed by atoms with Gasteiger partial charge >= 0.3 is 0 Å². The Labute approximate surface area is 143 Å². The predicted molar refractivity (Wildman–Crippen MR) is 94.3 cm³/mol. The van der Waals surface area contributed by atoms with Gasteiger partial charge in [0.1, 0.15) is 0 Å². The smallest absolute Gasteiger partial charge is 0.228 e. The summed E-state index contributed by atoms with van der Waals surface area (Å²) >= 11 is 1.69. The van der Waals surface area contributed by atoms with Gasteiger partial charge in [-0.3, -0.25) is 9.59 Å². The lowest BCUT2D eigenvalue weighted by Crippen LogP contribution is -2.43. The summed E-state index contributed by atoms with van der Waals surface area (Å²) in [4.78, 5) is 29.6. The average Bonchev–Trinajstić information content (AvgIpc) is 2.88. The molecule has 4 nitrogen and oxygen atoms in total. The van der Waals surface area contributed by atoms with Crippen LogP contribution in [0.15, 0.2) is 29.2 Å². The van der Waals surface area contributed by atoms with E-state index >= 15 is 0 Å². The molecule has 126 valence electrons. The number of benzene rings is 1. The van der Waals surface area contributed by atoms with E-state index in [0.717, 1.165) is 5.56 Å². The van der Waals surface area contributed by atoms with E-state index in [1.54, 1.807) is 16.7 Å². The van der Waals surface area contributed by atoms with Crippen molar-refractivity contribution in [3.63, 3.8) is 0 Å². The number of nitrogens with zero attached hydrogens (tertiary/aromatic N) is 2. The molecule has 23 heavy (non-hydrogen) atoms. The van der Waals surface area contributed by atoms with E-state index in [2.05, 4.69) is 12.1 Å². The Hall–Kier alpha value is -1.49. The number of carbonyl (C=O) groups excluding carboxylic acids is 2. The fourth-order valence-electron chi connectivity index (χ4n) is 2.96. The maximum atomic E-state index is 12.7. The summed E-state index contributed by atoms with van der Waals surface area (Å²) in [5.74, 6) is -0.0938. The summed E-state index contributed by atoms with van der Waals surface area (Å²) in [7, 11) is 1.82. The maximum Gasteiger partial charge on any atom is 0.228 e. The molecule has 1 aliphatic rings. The Morgan fingerprint density at radius 1 is 1.39 bits per heavy atom. The van der Waals surface area contributed by atoms with Crippen molar-refractivity contribution >= 4 is 23.6 Å². The summed E-state index contributed by atoms with van der Waals surface area (Å²) in [6.45, 7) is 7.13. The molecule has 0 N–H and O–H groups in total. The highest BCUT2D eigenvalue weighted by atomic mass is 32.2. The number of rotatable bonds is 4. The molecule has 2 rings (SSSR count). The minimum Gasteiger partial charge on any atom is -0.341 e. The third-order valence-electron chi connectivity index (χ3n) is 4.21. The molecule has 1 atom stereocenters. The zero-order valence-corrected chi connectivity index (χ0v) is 15.4. The van der Waals surface area contributed by atoms with E-state index in [-0.39, 0.29) is 23.3 Å². The SMILES string of the molecule is CSc1cccc(CN(C)C(=O)[C@@H]2CC(=O)N(C(C)(C)C)C2)c1. The van der Waals surface area contributed by atoms with Gasteiger partial charge < -0.3 is 9.80 Å². The van der Waals surface area contributed by atoms with Crippen LogP contribution in [-0.4, -0.2) is 47.0 Å². The molecule has 0 saturated carbocycles. The van der Waals surface area contributed by atoms with Crippen LogP contribution < -0.4 is 0 Å². The van der Waals surface area contributed by atoms with Crippen LogP contribution in [0.5, 0.6) is 0 Å². The fraction of sp³-hybridized carbons (Fsp3) is 0.556. The van der Waals surface area contributed by atoms with E-state index in [4.69, 9.17) is 0 Å². The summed E-state index contributed by atoms with van der Waals surface area (Å²) in [6.07, 6.45) is 2.37. The standard InChI is InChI=1S/C18H26N2O2S/c1-18(2,3)20-12-14(10-16(20)21)17(22)19(4)11-13-7-6-8-15(9-13)23-5/h6-9,14H,10-12H2,1-5H3/t14-/m1/s1. The summed E-state index contributed by atoms with van der Waals surface area (Å²) < 4.78 is 0. The van der Waals surface area contributed by atoms with Crippen LogP contribution in [0.25, 0.3) is 0 Å². The van der Waals surface area contributed by atoms with E-state index in [0.29, 0.717) is 19.5 Å². The van der Waals surface area contributed by atoms with Gasteiger partial charge in [0.15, 0.2) is 0 Å². The van der Waals surface area contributed by atoms with Crippen molar-refractivity contribution < 1.29 is 9.59 Å². The van der Waals surface area contributed by atoms with E-state index < -0.39 is 0 Å². The molecule has 1 saturated heterocycles. The summed E-state index contributed by atoms with van der Waals surface area (Å²) in [6, 6.07) is 8.22. The Morgan fingerprint density at radius 2 is 2.09 bits per heavy atom. The maximum absolute atomic E-state index is 12.7. The van der Waals surface area contributed by atoms with Crippen LogP contribution in [0, 0.1) is 5.92 Å². The van der Waals surface area contributed by atoms with Crippen molar-refractivity contribution in [2.24, 2.45) is 5.92 Å². The van der Waals surface area contributed by atoms with Crippen LogP contribution in [0.1, 0.15) is 32.8 Å². The predicted octanol–water partition coefficient (Wildman–Crippen LogP) is 3.01. The molecule has 1 aliphatic heterocycles. The van der Waals surface area contributed by atoms with Crippen LogP contribution >= 0.6 is 11.8 Å². The highest BCUT2D eigenvalue weighted by Crippen LogP contribution is 2.27. The number of thioether (sulfide) groups is 1. The zero-order valence-electron chi connectivity index (χ0n) is 14.6. The molecule has 0 aromatic heterocycles. The molecular weight excluding hydrogens is 308 g/mol. The number of carbonyl (C=O) groups is 2. The Kier molecular flexibility index (Phi) is 5.40. The highest BCUT2D eigenvalue weighted by molar-refractivity contribution is 7.98. The van der Waals surface area contributed by atoms with Crippen molar-refractivity contribution in [3.8, 4) is 0 Å². The molecule has 1 fully saturated rings. The third-order valence-corrected chi connectivity index (χ3v) is 4.94. The molecule has 1 aromatic rings. The first kappa shape index (κ1) is 17.9. The minimum absolute atomic E-state index is 0.0552. The lowest BCUT2D eigenvalue weighted by molar-refractivity contribution is -0.135. The van der Waals surface area contributed by atoms with Gasteiger partial charge in [-0.2, -0.15) is 0 Å². The largest absolute Gasteiger partial charge is 0.341 e. The quantitative estimate of drug-likeness (QED) is 0.795. The Morgan fingerprint density at radius 3 is 2.65 bits per heavy atom. The molecule has 0 bridgehead atoms. The summed E-state index contributed by atoms with van der Waals surface area (Å²) in [5, 5.41) is 0. The van der Waals surface area contributed by atoms with Crippen molar-refractivity contribution in [2.75, 3.05) is 19.8 Å². The summed E-state index contributed by atoms with van der Waals surface area (Å²) in [5.41, 5.74) is 0.891. The number of hydrogen-bond acceptors (Lipinski definition) is 3. The Balaban J connectivity index is 2.01. The first-order chi connectivity index (χ1) is 10.7. The molecule has 1 aromatic carbocycles. The second-order valence-corrected chi connectivity index (χ2v) is 8.00. The van der Waals surface area contributed by atoms with Gasteiger partial charge in [-0.25, -0.2) is 0 Å². The molecule has 1 heterocycles. The first-order valence-corrected chi connectivity index (χ1v) is 9.13. The molecular formula is C18H26N2O2S. The van der Waals surface area contributed by atoms with Crippen molar-refractivity contribution in [3.05, 3.63) is 29.8 Å². The normalized spacial score (nSPS) is 18.4. The molecule has 0 unspecified atom stereocenters. The van der Waals surface area contributed by atoms with Gasteiger partial charge in [0.2, 0.25) is 11.8 Å². The molecule has 2 amide bonds. The van der Waals surface area contributed by atoms with Gasteiger partial charge in [-0.15, -0.1) is 11.8 Å². The van der Waals surface area contributed by atoms with Crippen LogP contribution in [-0.2, 0) is 16.1 Å². The van der Waals surface area contributed by atoms with Crippen LogP contribution in [0.3, 0.4) is 0 Å². The topological polar surface area (TPSA) is 40.6 Å². The van der Waals surface area contributed by atoms with Gasteiger partial charge in [-0.05, 0) is 44.7 Å². The van der Waals surface area contributed by atoms with Crippen molar-refractivity contribution in [2.45, 2.75) is 44.2 Å².